The Hall–Kier alpha value is -1.18. The summed E-state index contributed by atoms with van der Waals surface area (Å²) in [5, 5.41) is 13.7. The van der Waals surface area contributed by atoms with Crippen LogP contribution in [0.2, 0.25) is 0 Å². The van der Waals surface area contributed by atoms with Gasteiger partial charge in [-0.15, -0.1) is 0 Å². The van der Waals surface area contributed by atoms with Crippen LogP contribution in [-0.4, -0.2) is 84.3 Å². The van der Waals surface area contributed by atoms with Crippen LogP contribution in [0.3, 0.4) is 0 Å². The number of hydrogen-bond donors (Lipinski definition) is 2. The van der Waals surface area contributed by atoms with E-state index in [1.807, 2.05) is 4.90 Å². The molecule has 0 spiro atoms. The number of aliphatic hydroxyl groups excluding tert-OH is 1. The molecule has 3 rings (SSSR count). The zero-order chi connectivity index (χ0) is 17.8. The number of aliphatic hydroxyl groups is 1. The quantitative estimate of drug-likeness (QED) is 0.742. The Bertz CT molecular complexity index is 473. The van der Waals surface area contributed by atoms with Gasteiger partial charge < -0.3 is 20.1 Å². The van der Waals surface area contributed by atoms with Crippen LogP contribution in [0.4, 0.5) is 0 Å². The van der Waals surface area contributed by atoms with Crippen molar-refractivity contribution < 1.29 is 19.4 Å². The third-order valence-corrected chi connectivity index (χ3v) is 5.97. The van der Waals surface area contributed by atoms with Crippen molar-refractivity contribution >= 4 is 11.8 Å². The molecule has 0 aromatic carbocycles. The molecule has 0 unspecified atom stereocenters. The van der Waals surface area contributed by atoms with Crippen LogP contribution in [-0.2, 0) is 14.3 Å². The fourth-order valence-electron chi connectivity index (χ4n) is 4.36. The molecule has 2 saturated heterocycles. The Balaban J connectivity index is 1.44. The van der Waals surface area contributed by atoms with Crippen LogP contribution in [0.25, 0.3) is 0 Å². The molecule has 142 valence electrons. The normalized spacial score (nSPS) is 31.9. The van der Waals surface area contributed by atoms with E-state index < -0.39 is 6.10 Å². The summed E-state index contributed by atoms with van der Waals surface area (Å²) in [5.74, 6) is 0.575. The Kier molecular flexibility index (Phi) is 6.30. The first-order valence-electron chi connectivity index (χ1n) is 9.59. The smallest absolute Gasteiger partial charge is 0.220 e. The first-order valence-corrected chi connectivity index (χ1v) is 9.59. The minimum Gasteiger partial charge on any atom is -0.389 e. The standard InChI is InChI=1S/C18H31N3O4/c1-13(22)20-6-8-21(9-7-20)16-3-2-15(18(16)24)19-17(23)12-14-4-10-25-11-5-14/h14-16,18,24H,2-12H2,1H3,(H,19,23)/t15-,16-,18-/m1/s1. The maximum absolute atomic E-state index is 12.3. The van der Waals surface area contributed by atoms with E-state index in [4.69, 9.17) is 4.74 Å². The maximum Gasteiger partial charge on any atom is 0.220 e. The fraction of sp³-hybridized carbons (Fsp3) is 0.889. The monoisotopic (exact) mass is 353 g/mol. The number of ether oxygens (including phenoxy) is 1. The van der Waals surface area contributed by atoms with Crippen LogP contribution >= 0.6 is 0 Å². The molecule has 0 bridgehead atoms. The lowest BCUT2D eigenvalue weighted by Crippen LogP contribution is -2.55. The molecular formula is C18H31N3O4. The van der Waals surface area contributed by atoms with Gasteiger partial charge in [-0.1, -0.05) is 0 Å². The van der Waals surface area contributed by atoms with Gasteiger partial charge in [0.2, 0.25) is 11.8 Å². The summed E-state index contributed by atoms with van der Waals surface area (Å²) in [6.07, 6.45) is 3.62. The van der Waals surface area contributed by atoms with Crippen molar-refractivity contribution in [1.82, 2.24) is 15.1 Å². The zero-order valence-corrected chi connectivity index (χ0v) is 15.2. The van der Waals surface area contributed by atoms with Gasteiger partial charge in [-0.25, -0.2) is 0 Å². The van der Waals surface area contributed by atoms with E-state index in [0.29, 0.717) is 12.3 Å². The first-order chi connectivity index (χ1) is 12.0. The molecule has 3 atom stereocenters. The minimum absolute atomic E-state index is 0.0537. The highest BCUT2D eigenvalue weighted by Gasteiger charge is 2.40. The number of carbonyl (C=O) groups is 2. The highest BCUT2D eigenvalue weighted by Crippen LogP contribution is 2.26. The van der Waals surface area contributed by atoms with Gasteiger partial charge in [0.15, 0.2) is 0 Å². The number of nitrogens with zero attached hydrogens (tertiary/aromatic N) is 2. The summed E-state index contributed by atoms with van der Waals surface area (Å²) >= 11 is 0. The molecule has 2 heterocycles. The number of rotatable bonds is 4. The Morgan fingerprint density at radius 1 is 1.08 bits per heavy atom. The second-order valence-electron chi connectivity index (χ2n) is 7.61. The SMILES string of the molecule is CC(=O)N1CCN([C@@H]2CC[C@@H](NC(=O)CC3CCOCC3)[C@H]2O)CC1. The van der Waals surface area contributed by atoms with E-state index in [1.165, 1.54) is 0 Å². The molecule has 1 saturated carbocycles. The van der Waals surface area contributed by atoms with E-state index in [-0.39, 0.29) is 23.9 Å². The molecule has 7 nitrogen and oxygen atoms in total. The van der Waals surface area contributed by atoms with Crippen LogP contribution in [0.15, 0.2) is 0 Å². The second-order valence-corrected chi connectivity index (χ2v) is 7.61. The van der Waals surface area contributed by atoms with Crippen molar-refractivity contribution in [3.63, 3.8) is 0 Å². The summed E-state index contributed by atoms with van der Waals surface area (Å²) in [6, 6.07) is -0.0642. The Morgan fingerprint density at radius 3 is 2.40 bits per heavy atom. The molecule has 0 aromatic rings. The van der Waals surface area contributed by atoms with Crippen LogP contribution in [0.1, 0.15) is 39.0 Å². The van der Waals surface area contributed by atoms with E-state index in [2.05, 4.69) is 10.2 Å². The maximum atomic E-state index is 12.3. The molecular weight excluding hydrogens is 322 g/mol. The van der Waals surface area contributed by atoms with Crippen LogP contribution in [0, 0.1) is 5.92 Å². The first kappa shape index (κ1) is 18.6. The molecule has 0 aromatic heterocycles. The van der Waals surface area contributed by atoms with E-state index in [0.717, 1.165) is 65.1 Å². The van der Waals surface area contributed by atoms with Gasteiger partial charge >= 0.3 is 0 Å². The molecule has 1 aliphatic carbocycles. The average Bonchev–Trinajstić information content (AvgIpc) is 2.96. The van der Waals surface area contributed by atoms with Crippen molar-refractivity contribution in [1.29, 1.82) is 0 Å². The lowest BCUT2D eigenvalue weighted by Gasteiger charge is -2.39. The molecule has 3 fully saturated rings. The van der Waals surface area contributed by atoms with Gasteiger partial charge in [0.25, 0.3) is 0 Å². The van der Waals surface area contributed by atoms with E-state index in [9.17, 15) is 14.7 Å². The predicted molar refractivity (Wildman–Crippen MR) is 92.9 cm³/mol. The summed E-state index contributed by atoms with van der Waals surface area (Å²) in [6.45, 7) is 6.13. The van der Waals surface area contributed by atoms with Gasteiger partial charge in [0, 0.05) is 58.8 Å². The van der Waals surface area contributed by atoms with E-state index in [1.54, 1.807) is 6.92 Å². The summed E-state index contributed by atoms with van der Waals surface area (Å²) < 4.78 is 5.33. The van der Waals surface area contributed by atoms with Crippen molar-refractivity contribution in [2.24, 2.45) is 5.92 Å². The molecule has 0 radical (unpaired) electrons. The van der Waals surface area contributed by atoms with Gasteiger partial charge in [0.05, 0.1) is 12.1 Å². The summed E-state index contributed by atoms with van der Waals surface area (Å²) in [7, 11) is 0. The minimum atomic E-state index is -0.525. The topological polar surface area (TPSA) is 82.1 Å². The molecule has 2 aliphatic heterocycles. The number of amides is 2. The third kappa shape index (κ3) is 4.71. The second kappa shape index (κ2) is 8.47. The van der Waals surface area contributed by atoms with Crippen molar-refractivity contribution in [2.75, 3.05) is 39.4 Å². The Labute approximate surface area is 149 Å². The largest absolute Gasteiger partial charge is 0.389 e. The highest BCUT2D eigenvalue weighted by atomic mass is 16.5. The number of hydrogen-bond acceptors (Lipinski definition) is 5. The van der Waals surface area contributed by atoms with E-state index >= 15 is 0 Å². The lowest BCUT2D eigenvalue weighted by molar-refractivity contribution is -0.131. The molecule has 25 heavy (non-hydrogen) atoms. The van der Waals surface area contributed by atoms with Crippen molar-refractivity contribution in [2.45, 2.75) is 57.2 Å². The number of piperazine rings is 1. The molecule has 2 N–H and O–H groups in total. The third-order valence-electron chi connectivity index (χ3n) is 5.97. The number of nitrogens with one attached hydrogen (secondary N) is 1. The predicted octanol–water partition coefficient (Wildman–Crippen LogP) is -0.0247. The molecule has 7 heteroatoms. The summed E-state index contributed by atoms with van der Waals surface area (Å²) in [4.78, 5) is 27.8. The zero-order valence-electron chi connectivity index (χ0n) is 15.2. The van der Waals surface area contributed by atoms with Gasteiger partial charge in [0.1, 0.15) is 0 Å². The van der Waals surface area contributed by atoms with Gasteiger partial charge in [-0.2, -0.15) is 0 Å². The fourth-order valence-corrected chi connectivity index (χ4v) is 4.36. The Morgan fingerprint density at radius 2 is 1.76 bits per heavy atom. The van der Waals surface area contributed by atoms with Crippen LogP contribution < -0.4 is 5.32 Å². The number of carbonyl (C=O) groups excluding carboxylic acids is 2. The van der Waals surface area contributed by atoms with Crippen LogP contribution in [0.5, 0.6) is 0 Å². The molecule has 2 amide bonds. The summed E-state index contributed by atoms with van der Waals surface area (Å²) in [5.41, 5.74) is 0. The molecule has 3 aliphatic rings. The lowest BCUT2D eigenvalue weighted by atomic mass is 9.96. The van der Waals surface area contributed by atoms with Gasteiger partial charge in [-0.05, 0) is 31.6 Å². The highest BCUT2D eigenvalue weighted by molar-refractivity contribution is 5.76. The van der Waals surface area contributed by atoms with Crippen molar-refractivity contribution in [3.05, 3.63) is 0 Å². The average molecular weight is 353 g/mol. The van der Waals surface area contributed by atoms with Crippen molar-refractivity contribution in [3.8, 4) is 0 Å². The van der Waals surface area contributed by atoms with Gasteiger partial charge in [-0.3, -0.25) is 14.5 Å².